The SMILES string of the molecule is O=C1C2CC3C(=CCC4C(=O)N(c5ccc(-c6nc7ccccc7o6)cc5)C(=O)C43)C(c3ccc4ccccc4c3O)C2(c2ccc(Cl)cc2)C(=O)N1Nc1ccc(F)cc1. The van der Waals surface area contributed by atoms with Crippen molar-refractivity contribution >= 4 is 68.5 Å². The van der Waals surface area contributed by atoms with Crippen LogP contribution in [0.2, 0.25) is 5.02 Å². The van der Waals surface area contributed by atoms with E-state index in [0.29, 0.717) is 61.0 Å². The van der Waals surface area contributed by atoms with E-state index >= 15 is 9.59 Å². The molecule has 3 heterocycles. The lowest BCUT2D eigenvalue weighted by molar-refractivity contribution is -0.138. The van der Waals surface area contributed by atoms with Crippen molar-refractivity contribution < 1.29 is 33.1 Å². The summed E-state index contributed by atoms with van der Waals surface area (Å²) in [7, 11) is 0. The van der Waals surface area contributed by atoms with Gasteiger partial charge in [-0.15, -0.1) is 0 Å². The lowest BCUT2D eigenvalue weighted by Gasteiger charge is -2.50. The van der Waals surface area contributed by atoms with Gasteiger partial charge in [-0.3, -0.25) is 29.5 Å². The van der Waals surface area contributed by atoms with E-state index in [-0.39, 0.29) is 24.5 Å². The number of halogens is 2. The molecule has 6 aromatic carbocycles. The molecular weight excluding hydrogens is 795 g/mol. The second kappa shape index (κ2) is 13.7. The van der Waals surface area contributed by atoms with Gasteiger partial charge in [0.05, 0.1) is 34.5 Å². The molecule has 2 aliphatic carbocycles. The number of phenolic OH excluding ortho intramolecular Hbond substituents is 1. The average Bonchev–Trinajstić information content (AvgIpc) is 3.89. The summed E-state index contributed by atoms with van der Waals surface area (Å²) in [6.07, 6.45) is 2.19. The molecule has 12 heteroatoms. The monoisotopic (exact) mass is 828 g/mol. The van der Waals surface area contributed by atoms with Crippen LogP contribution in [0.5, 0.6) is 5.75 Å². The molecule has 2 N–H and O–H groups in total. The molecular formula is C49H34ClFN4O6. The summed E-state index contributed by atoms with van der Waals surface area (Å²) in [6.45, 7) is 0. The van der Waals surface area contributed by atoms with Gasteiger partial charge in [0.1, 0.15) is 17.1 Å². The lowest BCUT2D eigenvalue weighted by atomic mass is 9.49. The van der Waals surface area contributed by atoms with Crippen LogP contribution in [0.25, 0.3) is 33.3 Å². The van der Waals surface area contributed by atoms with Crippen LogP contribution in [-0.4, -0.2) is 38.7 Å². The second-order valence-corrected chi connectivity index (χ2v) is 16.6. The number of nitrogens with one attached hydrogen (secondary N) is 1. The number of aromatic nitrogens is 1. The van der Waals surface area contributed by atoms with Gasteiger partial charge in [-0.05, 0) is 103 Å². The summed E-state index contributed by atoms with van der Waals surface area (Å²) in [6, 6.07) is 37.5. The number of carbonyl (C=O) groups excluding carboxylic acids is 4. The number of imide groups is 2. The number of allylic oxidation sites excluding steroid dienone is 2. The number of para-hydroxylation sites is 2. The number of hydrazine groups is 1. The molecule has 3 fully saturated rings. The Morgan fingerprint density at radius 1 is 0.787 bits per heavy atom. The van der Waals surface area contributed by atoms with Crippen LogP contribution in [0.3, 0.4) is 0 Å². The maximum Gasteiger partial charge on any atom is 0.260 e. The number of oxazole rings is 1. The van der Waals surface area contributed by atoms with Crippen LogP contribution < -0.4 is 10.3 Å². The minimum absolute atomic E-state index is 0.0517. The summed E-state index contributed by atoms with van der Waals surface area (Å²) < 4.78 is 20.0. The number of amides is 4. The van der Waals surface area contributed by atoms with Crippen molar-refractivity contribution in [3.63, 3.8) is 0 Å². The van der Waals surface area contributed by atoms with E-state index in [0.717, 1.165) is 10.4 Å². The van der Waals surface area contributed by atoms with E-state index in [2.05, 4.69) is 10.4 Å². The van der Waals surface area contributed by atoms with Gasteiger partial charge in [0.25, 0.3) is 11.8 Å². The molecule has 4 aliphatic rings. The maximum atomic E-state index is 15.5. The molecule has 1 aromatic heterocycles. The van der Waals surface area contributed by atoms with E-state index in [9.17, 15) is 19.1 Å². The molecule has 0 spiro atoms. The van der Waals surface area contributed by atoms with E-state index < -0.39 is 58.5 Å². The standard InChI is InChI=1S/C49H34ClFN4O6/c50-29-14-12-28(13-15-29)49-38(46(58)55(48(49)60)53-31-18-16-30(51)17-19-31)25-37-34(42(49)36-22-11-26-5-1-2-6-33(26)43(36)56)23-24-35-41(37)47(59)54(45(35)57)32-20-9-27(10-21-32)44-52-39-7-3-4-8-40(39)61-44/h1-23,35,37-38,41-42,53,56H,24-25H2. The van der Waals surface area contributed by atoms with Crippen LogP contribution in [0.4, 0.5) is 15.8 Å². The Morgan fingerprint density at radius 3 is 2.30 bits per heavy atom. The zero-order valence-electron chi connectivity index (χ0n) is 32.2. The van der Waals surface area contributed by atoms with Crippen LogP contribution in [-0.2, 0) is 24.6 Å². The van der Waals surface area contributed by atoms with Gasteiger partial charge in [-0.2, -0.15) is 5.01 Å². The highest BCUT2D eigenvalue weighted by Gasteiger charge is 2.70. The number of hydrogen-bond donors (Lipinski definition) is 2. The minimum atomic E-state index is -1.64. The van der Waals surface area contributed by atoms with E-state index in [4.69, 9.17) is 16.0 Å². The first-order chi connectivity index (χ1) is 29.6. The van der Waals surface area contributed by atoms with E-state index in [1.165, 1.54) is 29.2 Å². The number of phenols is 1. The van der Waals surface area contributed by atoms with Gasteiger partial charge < -0.3 is 9.52 Å². The minimum Gasteiger partial charge on any atom is -0.507 e. The fourth-order valence-electron chi connectivity index (χ4n) is 10.5. The fraction of sp³-hybridized carbons (Fsp3) is 0.163. The highest BCUT2D eigenvalue weighted by molar-refractivity contribution is 6.30. The molecule has 2 aliphatic heterocycles. The predicted molar refractivity (Wildman–Crippen MR) is 227 cm³/mol. The van der Waals surface area contributed by atoms with Gasteiger partial charge in [0.15, 0.2) is 5.58 Å². The highest BCUT2D eigenvalue weighted by Crippen LogP contribution is 2.65. The van der Waals surface area contributed by atoms with Crippen LogP contribution in [0, 0.1) is 29.5 Å². The first-order valence-corrected chi connectivity index (χ1v) is 20.4. The van der Waals surface area contributed by atoms with Gasteiger partial charge in [-0.1, -0.05) is 83.9 Å². The number of carbonyl (C=O) groups is 4. The molecule has 0 radical (unpaired) electrons. The van der Waals surface area contributed by atoms with Crippen molar-refractivity contribution in [1.29, 1.82) is 0 Å². The molecule has 10 nitrogen and oxygen atoms in total. The number of nitrogens with zero attached hydrogens (tertiary/aromatic N) is 3. The Balaban J connectivity index is 1.05. The van der Waals surface area contributed by atoms with E-state index in [1.54, 1.807) is 60.7 Å². The van der Waals surface area contributed by atoms with E-state index in [1.807, 2.05) is 54.6 Å². The molecule has 11 rings (SSSR count). The van der Waals surface area contributed by atoms with Crippen molar-refractivity contribution in [3.05, 3.63) is 167 Å². The zero-order chi connectivity index (χ0) is 41.7. The summed E-state index contributed by atoms with van der Waals surface area (Å²) in [5, 5.41) is 15.0. The smallest absolute Gasteiger partial charge is 0.260 e. The van der Waals surface area contributed by atoms with Crippen molar-refractivity contribution in [2.45, 2.75) is 24.2 Å². The summed E-state index contributed by atoms with van der Waals surface area (Å²) in [5.41, 5.74) is 5.63. The Bertz CT molecular complexity index is 2990. The number of rotatable bonds is 6. The summed E-state index contributed by atoms with van der Waals surface area (Å²) >= 11 is 6.43. The van der Waals surface area contributed by atoms with Crippen molar-refractivity contribution in [2.75, 3.05) is 10.3 Å². The summed E-state index contributed by atoms with van der Waals surface area (Å²) in [4.78, 5) is 65.7. The number of aromatic hydroxyl groups is 1. The van der Waals surface area contributed by atoms with Crippen molar-refractivity contribution in [2.24, 2.45) is 23.7 Å². The molecule has 1 saturated carbocycles. The van der Waals surface area contributed by atoms with Crippen molar-refractivity contribution in [3.8, 4) is 17.2 Å². The molecule has 61 heavy (non-hydrogen) atoms. The predicted octanol–water partition coefficient (Wildman–Crippen LogP) is 9.34. The summed E-state index contributed by atoms with van der Waals surface area (Å²) in [5.74, 6) is -6.33. The normalized spacial score (nSPS) is 24.6. The number of fused-ring (bicyclic) bond motifs is 6. The molecule has 4 amide bonds. The fourth-order valence-corrected chi connectivity index (χ4v) is 10.6. The van der Waals surface area contributed by atoms with Crippen LogP contribution in [0.1, 0.15) is 29.9 Å². The molecule has 2 saturated heterocycles. The topological polar surface area (TPSA) is 133 Å². The first-order valence-electron chi connectivity index (χ1n) is 20.0. The Hall–Kier alpha value is -7.11. The third-order valence-electron chi connectivity index (χ3n) is 13.2. The lowest BCUT2D eigenvalue weighted by Crippen LogP contribution is -2.53. The van der Waals surface area contributed by atoms with Crippen LogP contribution in [0.15, 0.2) is 150 Å². The largest absolute Gasteiger partial charge is 0.507 e. The van der Waals surface area contributed by atoms with Crippen LogP contribution >= 0.6 is 11.6 Å². The Morgan fingerprint density at radius 2 is 1.52 bits per heavy atom. The molecule has 7 aromatic rings. The van der Waals surface area contributed by atoms with Gasteiger partial charge in [0.2, 0.25) is 17.7 Å². The number of hydrogen-bond acceptors (Lipinski definition) is 8. The third kappa shape index (κ3) is 5.43. The van der Waals surface area contributed by atoms with Gasteiger partial charge in [-0.25, -0.2) is 9.37 Å². The Labute approximate surface area is 352 Å². The highest BCUT2D eigenvalue weighted by atomic mass is 35.5. The third-order valence-corrected chi connectivity index (χ3v) is 13.4. The first kappa shape index (κ1) is 36.9. The zero-order valence-corrected chi connectivity index (χ0v) is 32.9. The maximum absolute atomic E-state index is 15.5. The molecule has 6 atom stereocenters. The molecule has 0 bridgehead atoms. The Kier molecular flexibility index (Phi) is 8.30. The number of benzene rings is 6. The van der Waals surface area contributed by atoms with Gasteiger partial charge in [0, 0.05) is 27.5 Å². The van der Waals surface area contributed by atoms with Crippen molar-refractivity contribution in [1.82, 2.24) is 9.99 Å². The second-order valence-electron chi connectivity index (χ2n) is 16.1. The quantitative estimate of drug-likeness (QED) is 0.125. The number of anilines is 2. The molecule has 6 unspecified atom stereocenters. The molecule has 300 valence electrons. The average molecular weight is 829 g/mol. The van der Waals surface area contributed by atoms with Gasteiger partial charge >= 0.3 is 0 Å².